The highest BCUT2D eigenvalue weighted by Gasteiger charge is 2.39. The van der Waals surface area contributed by atoms with E-state index in [2.05, 4.69) is 21.8 Å². The van der Waals surface area contributed by atoms with Crippen LogP contribution >= 0.6 is 0 Å². The Labute approximate surface area is 219 Å². The van der Waals surface area contributed by atoms with E-state index in [4.69, 9.17) is 9.47 Å². The Morgan fingerprint density at radius 1 is 1.05 bits per heavy atom. The van der Waals surface area contributed by atoms with Crippen LogP contribution in [-0.4, -0.2) is 40.9 Å². The first-order chi connectivity index (χ1) is 18.4. The summed E-state index contributed by atoms with van der Waals surface area (Å²) in [7, 11) is 0. The van der Waals surface area contributed by atoms with Crippen LogP contribution in [0.5, 0.6) is 0 Å². The second-order valence-electron chi connectivity index (χ2n) is 8.93. The van der Waals surface area contributed by atoms with Gasteiger partial charge in [0.25, 0.3) is 0 Å². The van der Waals surface area contributed by atoms with Crippen molar-refractivity contribution in [2.45, 2.75) is 44.1 Å². The van der Waals surface area contributed by atoms with Crippen molar-refractivity contribution in [1.82, 2.24) is 14.9 Å². The number of morpholine rings is 1. The van der Waals surface area contributed by atoms with Crippen LogP contribution in [0, 0.1) is 17.7 Å². The second kappa shape index (κ2) is 11.8. The Bertz CT molecular complexity index is 1260. The lowest BCUT2D eigenvalue weighted by molar-refractivity contribution is -0.228. The molecule has 0 amide bonds. The van der Waals surface area contributed by atoms with Crippen LogP contribution in [0.15, 0.2) is 55.0 Å². The predicted octanol–water partition coefficient (Wildman–Crippen LogP) is 6.31. The van der Waals surface area contributed by atoms with Crippen molar-refractivity contribution in [3.63, 3.8) is 0 Å². The van der Waals surface area contributed by atoms with Gasteiger partial charge in [0, 0.05) is 18.4 Å². The smallest absolute Gasteiger partial charge is 0.349 e. The molecule has 2 aromatic carbocycles. The summed E-state index contributed by atoms with van der Waals surface area (Å²) < 4.78 is 106. The summed E-state index contributed by atoms with van der Waals surface area (Å²) in [4.78, 5) is 8.77. The Morgan fingerprint density at radius 3 is 2.31 bits per heavy atom. The highest BCUT2D eigenvalue weighted by Crippen LogP contribution is 2.39. The van der Waals surface area contributed by atoms with E-state index in [0.717, 1.165) is 5.69 Å². The van der Waals surface area contributed by atoms with Gasteiger partial charge in [0.1, 0.15) is 5.82 Å². The first-order valence-electron chi connectivity index (χ1n) is 11.9. The van der Waals surface area contributed by atoms with E-state index in [1.165, 1.54) is 37.5 Å². The van der Waals surface area contributed by atoms with Crippen molar-refractivity contribution in [2.24, 2.45) is 0 Å². The van der Waals surface area contributed by atoms with Crippen LogP contribution in [0.3, 0.4) is 0 Å². The third kappa shape index (κ3) is 7.38. The van der Waals surface area contributed by atoms with Gasteiger partial charge in [-0.05, 0) is 48.4 Å². The molecule has 0 aliphatic carbocycles. The molecule has 12 heteroatoms. The molecule has 1 aliphatic heterocycles. The van der Waals surface area contributed by atoms with Crippen LogP contribution in [-0.2, 0) is 28.2 Å². The van der Waals surface area contributed by atoms with Gasteiger partial charge in [0.15, 0.2) is 6.29 Å². The lowest BCUT2D eigenvalue weighted by Gasteiger charge is -2.41. The summed E-state index contributed by atoms with van der Waals surface area (Å²) in [5, 5.41) is 0. The van der Waals surface area contributed by atoms with Crippen molar-refractivity contribution >= 4 is 0 Å². The molecular formula is C27H24F7N3O2. The fourth-order valence-corrected chi connectivity index (χ4v) is 4.20. The van der Waals surface area contributed by atoms with E-state index in [1.54, 1.807) is 6.20 Å². The fourth-order valence-electron chi connectivity index (χ4n) is 4.20. The first-order valence-corrected chi connectivity index (χ1v) is 11.9. The lowest BCUT2D eigenvalue weighted by atomic mass is 10.0. The maximum atomic E-state index is 13.6. The van der Waals surface area contributed by atoms with Crippen molar-refractivity contribution in [3.05, 3.63) is 88.8 Å². The van der Waals surface area contributed by atoms with E-state index in [1.807, 2.05) is 4.90 Å². The summed E-state index contributed by atoms with van der Waals surface area (Å²) in [5.41, 5.74) is -1.76. The molecular weight excluding hydrogens is 531 g/mol. The van der Waals surface area contributed by atoms with Crippen LogP contribution in [0.1, 0.15) is 47.0 Å². The average molecular weight is 555 g/mol. The summed E-state index contributed by atoms with van der Waals surface area (Å²) in [6.45, 7) is 2.20. The second-order valence-corrected chi connectivity index (χ2v) is 8.93. The van der Waals surface area contributed by atoms with E-state index in [9.17, 15) is 30.7 Å². The van der Waals surface area contributed by atoms with E-state index < -0.39 is 47.7 Å². The number of rotatable bonds is 6. The summed E-state index contributed by atoms with van der Waals surface area (Å²) in [6, 6.07) is 6.21. The number of aromatic amines is 1. The Morgan fingerprint density at radius 2 is 1.72 bits per heavy atom. The minimum Gasteiger partial charge on any atom is -0.349 e. The van der Waals surface area contributed by atoms with Gasteiger partial charge in [-0.25, -0.2) is 9.37 Å². The minimum absolute atomic E-state index is 0.0678. The number of aromatic nitrogens is 2. The van der Waals surface area contributed by atoms with Crippen LogP contribution in [0.25, 0.3) is 0 Å². The van der Waals surface area contributed by atoms with Gasteiger partial charge < -0.3 is 14.5 Å². The molecule has 39 heavy (non-hydrogen) atoms. The van der Waals surface area contributed by atoms with Crippen molar-refractivity contribution in [1.29, 1.82) is 0 Å². The van der Waals surface area contributed by atoms with Crippen LogP contribution < -0.4 is 0 Å². The number of alkyl halides is 6. The Kier molecular flexibility index (Phi) is 8.64. The zero-order valence-electron chi connectivity index (χ0n) is 20.6. The number of nitrogens with one attached hydrogen (secondary N) is 1. The molecule has 1 fully saturated rings. The number of imidazole rings is 1. The zero-order valence-corrected chi connectivity index (χ0v) is 20.6. The zero-order chi connectivity index (χ0) is 28.2. The van der Waals surface area contributed by atoms with Crippen molar-refractivity contribution in [2.75, 3.05) is 19.7 Å². The number of ether oxygens (including phenoxy) is 2. The monoisotopic (exact) mass is 555 g/mol. The fraction of sp³-hybridized carbons (Fsp3) is 0.370. The van der Waals surface area contributed by atoms with Gasteiger partial charge in [0.2, 0.25) is 0 Å². The maximum absolute atomic E-state index is 13.6. The molecule has 3 aromatic rings. The molecule has 1 aliphatic rings. The number of benzene rings is 2. The molecule has 1 N–H and O–H groups in total. The third-order valence-electron chi connectivity index (χ3n) is 6.18. The quantitative estimate of drug-likeness (QED) is 0.286. The van der Waals surface area contributed by atoms with Gasteiger partial charge >= 0.3 is 12.4 Å². The molecule has 2 heterocycles. The number of hydrogen-bond acceptors (Lipinski definition) is 4. The normalized spacial score (nSPS) is 19.4. The molecule has 0 saturated carbocycles. The van der Waals surface area contributed by atoms with E-state index in [-0.39, 0.29) is 24.8 Å². The van der Waals surface area contributed by atoms with Crippen molar-refractivity contribution < 1.29 is 40.2 Å². The standard InChI is InChI=1S/C27H24F7N3O2/c1-17(19-12-20(26(29,30)31)14-21(13-19)27(32,33)34)39-25-24(18-5-7-22(28)8-6-18)37(10-11-38-25)9-3-2-4-23-15-35-16-36-23/h5-8,12-17,24-25H,4,9-11H2,1H3,(H,35,36)/t17?,24-,25+/m0/s1. The van der Waals surface area contributed by atoms with Crippen LogP contribution in [0.4, 0.5) is 30.7 Å². The van der Waals surface area contributed by atoms with Gasteiger partial charge in [-0.15, -0.1) is 0 Å². The topological polar surface area (TPSA) is 50.4 Å². The van der Waals surface area contributed by atoms with E-state index in [0.29, 0.717) is 30.7 Å². The van der Waals surface area contributed by atoms with E-state index >= 15 is 0 Å². The highest BCUT2D eigenvalue weighted by molar-refractivity contribution is 5.35. The predicted molar refractivity (Wildman–Crippen MR) is 126 cm³/mol. The Hall–Kier alpha value is -3.40. The highest BCUT2D eigenvalue weighted by atomic mass is 19.4. The van der Waals surface area contributed by atoms with Gasteiger partial charge in [0.05, 0.1) is 49.2 Å². The summed E-state index contributed by atoms with van der Waals surface area (Å²) in [6.07, 6.45) is -8.65. The van der Waals surface area contributed by atoms with Gasteiger partial charge in [-0.1, -0.05) is 24.0 Å². The molecule has 208 valence electrons. The molecule has 3 atom stereocenters. The molecule has 0 radical (unpaired) electrons. The first kappa shape index (κ1) is 28.6. The maximum Gasteiger partial charge on any atom is 0.416 e. The van der Waals surface area contributed by atoms with Gasteiger partial charge in [-0.3, -0.25) is 4.90 Å². The SMILES string of the molecule is CC(O[C@H]1OCCN(CC#CCc2cnc[nH]2)[C@H]1c1ccc(F)cc1)c1cc(C(F)(F)F)cc(C(F)(F)F)c1. The summed E-state index contributed by atoms with van der Waals surface area (Å²) >= 11 is 0. The molecule has 4 rings (SSSR count). The Balaban J connectivity index is 1.60. The number of H-pyrrole nitrogens is 1. The van der Waals surface area contributed by atoms with Gasteiger partial charge in [-0.2, -0.15) is 26.3 Å². The summed E-state index contributed by atoms with van der Waals surface area (Å²) in [5.74, 6) is 5.60. The lowest BCUT2D eigenvalue weighted by Crippen LogP contribution is -2.46. The number of hydrogen-bond donors (Lipinski definition) is 1. The average Bonchev–Trinajstić information content (AvgIpc) is 3.40. The third-order valence-corrected chi connectivity index (χ3v) is 6.18. The number of halogens is 7. The molecule has 0 spiro atoms. The minimum atomic E-state index is -4.99. The van der Waals surface area contributed by atoms with Crippen LogP contribution in [0.2, 0.25) is 0 Å². The molecule has 1 aromatic heterocycles. The largest absolute Gasteiger partial charge is 0.416 e. The van der Waals surface area contributed by atoms with Crippen molar-refractivity contribution in [3.8, 4) is 11.8 Å². The molecule has 1 saturated heterocycles. The molecule has 1 unspecified atom stereocenters. The molecule has 0 bridgehead atoms. The molecule has 5 nitrogen and oxygen atoms in total. The number of nitrogens with zero attached hydrogens (tertiary/aromatic N) is 2.